The lowest BCUT2D eigenvalue weighted by atomic mass is 10.1. The fourth-order valence-corrected chi connectivity index (χ4v) is 4.14. The van der Waals surface area contributed by atoms with Gasteiger partial charge in [-0.15, -0.1) is 0 Å². The maximum atomic E-state index is 13.6. The van der Waals surface area contributed by atoms with Gasteiger partial charge >= 0.3 is 0 Å². The third kappa shape index (κ3) is 2.81. The number of amides is 1. The molecule has 0 saturated carbocycles. The highest BCUT2D eigenvalue weighted by molar-refractivity contribution is 6.14. The van der Waals surface area contributed by atoms with Crippen molar-refractivity contribution >= 4 is 22.6 Å². The minimum absolute atomic E-state index is 0.0111. The number of carbonyl (C=O) groups excluding carboxylic acids is 1. The first-order chi connectivity index (χ1) is 14.0. The van der Waals surface area contributed by atoms with Crippen molar-refractivity contribution in [2.45, 2.75) is 27.2 Å². The van der Waals surface area contributed by atoms with Crippen molar-refractivity contribution in [3.05, 3.63) is 82.7 Å². The van der Waals surface area contributed by atoms with E-state index in [4.69, 9.17) is 10.1 Å². The van der Waals surface area contributed by atoms with Crippen molar-refractivity contribution in [3.63, 3.8) is 0 Å². The molecule has 0 radical (unpaired) electrons. The number of pyridine rings is 1. The van der Waals surface area contributed by atoms with Gasteiger partial charge in [0.05, 0.1) is 22.3 Å². The summed E-state index contributed by atoms with van der Waals surface area (Å²) < 4.78 is 1.84. The average Bonchev–Trinajstić information content (AvgIpc) is 3.29. The highest BCUT2D eigenvalue weighted by Crippen LogP contribution is 2.32. The van der Waals surface area contributed by atoms with Gasteiger partial charge in [-0.1, -0.05) is 35.9 Å². The zero-order valence-electron chi connectivity index (χ0n) is 16.8. The highest BCUT2D eigenvalue weighted by Gasteiger charge is 2.28. The second kappa shape index (κ2) is 6.55. The summed E-state index contributed by atoms with van der Waals surface area (Å²) >= 11 is 0. The van der Waals surface area contributed by atoms with Gasteiger partial charge in [0.25, 0.3) is 5.91 Å². The van der Waals surface area contributed by atoms with E-state index in [1.165, 1.54) is 11.1 Å². The monoisotopic (exact) mass is 382 g/mol. The van der Waals surface area contributed by atoms with Crippen LogP contribution in [0.3, 0.4) is 0 Å². The number of aromatic nitrogens is 3. The summed E-state index contributed by atoms with van der Waals surface area (Å²) in [5.74, 6) is 0.0111. The molecule has 0 bridgehead atoms. The third-order valence-electron chi connectivity index (χ3n) is 5.58. The molecule has 0 spiro atoms. The fourth-order valence-electron chi connectivity index (χ4n) is 4.14. The van der Waals surface area contributed by atoms with E-state index in [9.17, 15) is 4.79 Å². The summed E-state index contributed by atoms with van der Waals surface area (Å²) in [6.07, 6.45) is 0.886. The third-order valence-corrected chi connectivity index (χ3v) is 5.58. The topological polar surface area (TPSA) is 51.0 Å². The average molecular weight is 382 g/mol. The number of carbonyl (C=O) groups is 1. The first-order valence-electron chi connectivity index (χ1n) is 9.87. The number of benzene rings is 2. The minimum atomic E-state index is 0.0111. The SMILES string of the molecule is Cc1ccc(-n2nc(C)c3c(C(=O)N4CCc5ccccc54)cc(C)nc32)cc1. The molecule has 2 aromatic carbocycles. The van der Waals surface area contributed by atoms with Crippen LogP contribution in [0.15, 0.2) is 54.6 Å². The molecule has 5 nitrogen and oxygen atoms in total. The van der Waals surface area contributed by atoms with Gasteiger partial charge in [-0.3, -0.25) is 4.79 Å². The molecule has 0 atom stereocenters. The van der Waals surface area contributed by atoms with Crippen molar-refractivity contribution in [3.8, 4) is 5.69 Å². The van der Waals surface area contributed by atoms with E-state index in [1.54, 1.807) is 0 Å². The molecule has 144 valence electrons. The van der Waals surface area contributed by atoms with Gasteiger partial charge in [0.15, 0.2) is 5.65 Å². The fraction of sp³-hybridized carbons (Fsp3) is 0.208. The normalized spacial score (nSPS) is 13.1. The maximum Gasteiger partial charge on any atom is 0.259 e. The van der Waals surface area contributed by atoms with Gasteiger partial charge in [0, 0.05) is 17.9 Å². The van der Waals surface area contributed by atoms with Crippen LogP contribution in [0.5, 0.6) is 0 Å². The zero-order valence-corrected chi connectivity index (χ0v) is 16.8. The second-order valence-electron chi connectivity index (χ2n) is 7.68. The molecule has 1 aliphatic heterocycles. The summed E-state index contributed by atoms with van der Waals surface area (Å²) in [4.78, 5) is 20.2. The van der Waals surface area contributed by atoms with Crippen molar-refractivity contribution in [2.24, 2.45) is 0 Å². The van der Waals surface area contributed by atoms with Gasteiger partial charge in [0.1, 0.15) is 0 Å². The summed E-state index contributed by atoms with van der Waals surface area (Å²) in [5.41, 5.74) is 7.36. The standard InChI is InChI=1S/C24H22N4O/c1-15-8-10-19(11-9-15)28-23-22(17(3)26-28)20(14-16(2)25-23)24(29)27-13-12-18-6-4-5-7-21(18)27/h4-11,14H,12-13H2,1-3H3. The summed E-state index contributed by atoms with van der Waals surface area (Å²) in [7, 11) is 0. The molecule has 0 saturated heterocycles. The molecule has 0 fully saturated rings. The van der Waals surface area contributed by atoms with Gasteiger partial charge in [0.2, 0.25) is 0 Å². The number of aryl methyl sites for hydroxylation is 3. The number of nitrogens with zero attached hydrogens (tertiary/aromatic N) is 4. The van der Waals surface area contributed by atoms with Crippen LogP contribution in [-0.2, 0) is 6.42 Å². The van der Waals surface area contributed by atoms with E-state index in [1.807, 2.05) is 59.8 Å². The lowest BCUT2D eigenvalue weighted by Gasteiger charge is -2.18. The quantitative estimate of drug-likeness (QED) is 0.511. The van der Waals surface area contributed by atoms with Gasteiger partial charge < -0.3 is 4.90 Å². The molecule has 5 heteroatoms. The number of rotatable bonds is 2. The second-order valence-corrected chi connectivity index (χ2v) is 7.68. The van der Waals surface area contributed by atoms with Crippen LogP contribution in [0.1, 0.15) is 32.9 Å². The maximum absolute atomic E-state index is 13.6. The van der Waals surface area contributed by atoms with E-state index >= 15 is 0 Å². The molecule has 0 unspecified atom stereocenters. The van der Waals surface area contributed by atoms with Crippen LogP contribution in [0.2, 0.25) is 0 Å². The van der Waals surface area contributed by atoms with E-state index < -0.39 is 0 Å². The van der Waals surface area contributed by atoms with E-state index in [0.717, 1.165) is 40.2 Å². The van der Waals surface area contributed by atoms with E-state index in [2.05, 4.69) is 25.1 Å². The Balaban J connectivity index is 1.67. The molecule has 5 rings (SSSR count). The Morgan fingerprint density at radius 1 is 1.00 bits per heavy atom. The molecule has 2 aromatic heterocycles. The Hall–Kier alpha value is -3.47. The number of hydrogen-bond donors (Lipinski definition) is 0. The van der Waals surface area contributed by atoms with Crippen molar-refractivity contribution in [1.29, 1.82) is 0 Å². The number of hydrogen-bond acceptors (Lipinski definition) is 3. The highest BCUT2D eigenvalue weighted by atomic mass is 16.2. The minimum Gasteiger partial charge on any atom is -0.308 e. The molecular weight excluding hydrogens is 360 g/mol. The molecule has 3 heterocycles. The molecule has 0 aliphatic carbocycles. The number of para-hydroxylation sites is 1. The van der Waals surface area contributed by atoms with Crippen molar-refractivity contribution in [1.82, 2.24) is 14.8 Å². The lowest BCUT2D eigenvalue weighted by Crippen LogP contribution is -2.29. The van der Waals surface area contributed by atoms with E-state index in [-0.39, 0.29) is 5.91 Å². The molecule has 29 heavy (non-hydrogen) atoms. The summed E-state index contributed by atoms with van der Waals surface area (Å²) in [6.45, 7) is 6.63. The Bertz CT molecular complexity index is 1250. The number of anilines is 1. The predicted octanol–water partition coefficient (Wildman–Crippen LogP) is 4.55. The van der Waals surface area contributed by atoms with Crippen molar-refractivity contribution in [2.75, 3.05) is 11.4 Å². The smallest absolute Gasteiger partial charge is 0.259 e. The zero-order chi connectivity index (χ0) is 20.1. The summed E-state index contributed by atoms with van der Waals surface area (Å²) in [5, 5.41) is 5.55. The Kier molecular flexibility index (Phi) is 3.98. The summed E-state index contributed by atoms with van der Waals surface area (Å²) in [6, 6.07) is 18.2. The van der Waals surface area contributed by atoms with Crippen LogP contribution in [-0.4, -0.2) is 27.2 Å². The van der Waals surface area contributed by atoms with Crippen LogP contribution < -0.4 is 4.90 Å². The predicted molar refractivity (Wildman–Crippen MR) is 115 cm³/mol. The first kappa shape index (κ1) is 17.6. The number of fused-ring (bicyclic) bond motifs is 2. The van der Waals surface area contributed by atoms with Crippen LogP contribution >= 0.6 is 0 Å². The lowest BCUT2D eigenvalue weighted by molar-refractivity contribution is 0.0990. The Labute approximate surface area is 169 Å². The Morgan fingerprint density at radius 3 is 2.55 bits per heavy atom. The van der Waals surface area contributed by atoms with Gasteiger partial charge in [-0.25, -0.2) is 9.67 Å². The molecule has 4 aromatic rings. The molecule has 1 aliphatic rings. The van der Waals surface area contributed by atoms with Gasteiger partial charge in [-0.05, 0) is 57.0 Å². The van der Waals surface area contributed by atoms with Crippen molar-refractivity contribution < 1.29 is 4.79 Å². The molecule has 0 N–H and O–H groups in total. The van der Waals surface area contributed by atoms with Crippen LogP contribution in [0.25, 0.3) is 16.7 Å². The Morgan fingerprint density at radius 2 is 1.76 bits per heavy atom. The van der Waals surface area contributed by atoms with Crippen LogP contribution in [0.4, 0.5) is 5.69 Å². The first-order valence-corrected chi connectivity index (χ1v) is 9.87. The van der Waals surface area contributed by atoms with E-state index in [0.29, 0.717) is 12.1 Å². The van der Waals surface area contributed by atoms with Gasteiger partial charge in [-0.2, -0.15) is 5.10 Å². The van der Waals surface area contributed by atoms with Crippen LogP contribution in [0, 0.1) is 20.8 Å². The largest absolute Gasteiger partial charge is 0.308 e. The molecule has 1 amide bonds. The molecular formula is C24H22N4O.